The van der Waals surface area contributed by atoms with Crippen LogP contribution in [0.4, 0.5) is 4.39 Å². The van der Waals surface area contributed by atoms with Crippen LogP contribution in [0.15, 0.2) is 52.2 Å². The molecule has 1 heterocycles. The fourth-order valence-electron chi connectivity index (χ4n) is 1.39. The van der Waals surface area contributed by atoms with Crippen LogP contribution in [-0.2, 0) is 11.2 Å². The number of benzene rings is 1. The van der Waals surface area contributed by atoms with E-state index in [-0.39, 0.29) is 17.4 Å². The SMILES string of the molecule is O=C(CSc1ccccc1F)Cc1ccoc1. The number of furan rings is 1. The molecule has 2 rings (SSSR count). The molecule has 88 valence electrons. The first-order valence-electron chi connectivity index (χ1n) is 5.16. The summed E-state index contributed by atoms with van der Waals surface area (Å²) in [4.78, 5) is 12.1. The smallest absolute Gasteiger partial charge is 0.147 e. The number of carbonyl (C=O) groups excluding carboxylic acids is 1. The molecular weight excluding hydrogens is 239 g/mol. The van der Waals surface area contributed by atoms with Crippen LogP contribution in [0, 0.1) is 5.82 Å². The summed E-state index contributed by atoms with van der Waals surface area (Å²) in [6.07, 6.45) is 3.41. The molecule has 0 bridgehead atoms. The highest BCUT2D eigenvalue weighted by atomic mass is 32.2. The average Bonchev–Trinajstić information content (AvgIpc) is 2.81. The standard InChI is InChI=1S/C13H11FO2S/c14-12-3-1-2-4-13(12)17-9-11(15)7-10-5-6-16-8-10/h1-6,8H,7,9H2. The number of hydrogen-bond acceptors (Lipinski definition) is 3. The van der Waals surface area contributed by atoms with Crippen molar-refractivity contribution in [1.82, 2.24) is 0 Å². The maximum atomic E-state index is 13.3. The van der Waals surface area contributed by atoms with E-state index in [9.17, 15) is 9.18 Å². The first-order chi connectivity index (χ1) is 8.25. The van der Waals surface area contributed by atoms with Gasteiger partial charge in [-0.1, -0.05) is 12.1 Å². The minimum absolute atomic E-state index is 0.0552. The summed E-state index contributed by atoms with van der Waals surface area (Å²) in [7, 11) is 0. The topological polar surface area (TPSA) is 30.2 Å². The number of hydrogen-bond donors (Lipinski definition) is 0. The van der Waals surface area contributed by atoms with Crippen molar-refractivity contribution in [3.63, 3.8) is 0 Å². The zero-order valence-electron chi connectivity index (χ0n) is 9.06. The Morgan fingerprint density at radius 3 is 2.82 bits per heavy atom. The molecule has 1 aromatic carbocycles. The van der Waals surface area contributed by atoms with Crippen LogP contribution in [0.25, 0.3) is 0 Å². The predicted molar refractivity (Wildman–Crippen MR) is 64.5 cm³/mol. The van der Waals surface area contributed by atoms with E-state index in [1.54, 1.807) is 30.5 Å². The third kappa shape index (κ3) is 3.46. The van der Waals surface area contributed by atoms with Crippen LogP contribution in [0.5, 0.6) is 0 Å². The van der Waals surface area contributed by atoms with Gasteiger partial charge >= 0.3 is 0 Å². The molecule has 17 heavy (non-hydrogen) atoms. The maximum absolute atomic E-state index is 13.3. The van der Waals surface area contributed by atoms with Crippen molar-refractivity contribution in [3.8, 4) is 0 Å². The lowest BCUT2D eigenvalue weighted by atomic mass is 10.2. The second kappa shape index (κ2) is 5.68. The normalized spacial score (nSPS) is 10.4. The highest BCUT2D eigenvalue weighted by Crippen LogP contribution is 2.21. The Hall–Kier alpha value is -1.55. The van der Waals surface area contributed by atoms with Gasteiger partial charge < -0.3 is 4.42 Å². The fraction of sp³-hybridized carbons (Fsp3) is 0.154. The van der Waals surface area contributed by atoms with Crippen LogP contribution in [0.1, 0.15) is 5.56 Å². The van der Waals surface area contributed by atoms with E-state index in [0.29, 0.717) is 11.3 Å². The monoisotopic (exact) mass is 250 g/mol. The van der Waals surface area contributed by atoms with E-state index in [4.69, 9.17) is 4.42 Å². The van der Waals surface area contributed by atoms with E-state index < -0.39 is 0 Å². The number of ketones is 1. The van der Waals surface area contributed by atoms with Crippen LogP contribution >= 0.6 is 11.8 Å². The van der Waals surface area contributed by atoms with Gasteiger partial charge in [0.2, 0.25) is 0 Å². The van der Waals surface area contributed by atoms with Gasteiger partial charge in [-0.25, -0.2) is 4.39 Å². The summed E-state index contributed by atoms with van der Waals surface area (Å²) in [5.41, 5.74) is 0.851. The Labute approximate surface area is 103 Å². The summed E-state index contributed by atoms with van der Waals surface area (Å²) in [6.45, 7) is 0. The van der Waals surface area contributed by atoms with Crippen molar-refractivity contribution in [2.75, 3.05) is 5.75 Å². The molecule has 0 N–H and O–H groups in total. The Morgan fingerprint density at radius 1 is 1.29 bits per heavy atom. The fourth-order valence-corrected chi connectivity index (χ4v) is 2.19. The number of carbonyl (C=O) groups is 1. The van der Waals surface area contributed by atoms with Crippen molar-refractivity contribution in [2.45, 2.75) is 11.3 Å². The highest BCUT2D eigenvalue weighted by Gasteiger charge is 2.07. The second-order valence-electron chi connectivity index (χ2n) is 3.57. The van der Waals surface area contributed by atoms with Crippen molar-refractivity contribution in [2.24, 2.45) is 0 Å². The molecule has 0 aliphatic rings. The van der Waals surface area contributed by atoms with Gasteiger partial charge in [-0.2, -0.15) is 0 Å². The van der Waals surface area contributed by atoms with Gasteiger partial charge in [-0.15, -0.1) is 11.8 Å². The largest absolute Gasteiger partial charge is 0.472 e. The van der Waals surface area contributed by atoms with E-state index in [0.717, 1.165) is 5.56 Å². The van der Waals surface area contributed by atoms with Crippen molar-refractivity contribution in [1.29, 1.82) is 0 Å². The van der Waals surface area contributed by atoms with Crippen molar-refractivity contribution in [3.05, 3.63) is 54.2 Å². The van der Waals surface area contributed by atoms with Gasteiger partial charge in [-0.3, -0.25) is 4.79 Å². The number of rotatable bonds is 5. The maximum Gasteiger partial charge on any atom is 0.147 e. The predicted octanol–water partition coefficient (Wildman–Crippen LogP) is 3.32. The molecule has 0 amide bonds. The summed E-state index contributed by atoms with van der Waals surface area (Å²) in [6, 6.07) is 8.21. The average molecular weight is 250 g/mol. The molecule has 0 aliphatic heterocycles. The Kier molecular flexibility index (Phi) is 3.98. The van der Waals surface area contributed by atoms with Crippen molar-refractivity contribution >= 4 is 17.5 Å². The molecule has 2 aromatic rings. The highest BCUT2D eigenvalue weighted by molar-refractivity contribution is 8.00. The van der Waals surface area contributed by atoms with E-state index in [1.807, 2.05) is 0 Å². The number of halogens is 1. The van der Waals surface area contributed by atoms with Gasteiger partial charge in [0, 0.05) is 11.3 Å². The first-order valence-corrected chi connectivity index (χ1v) is 6.14. The third-order valence-corrected chi connectivity index (χ3v) is 3.32. The summed E-state index contributed by atoms with van der Waals surface area (Å²) in [5, 5.41) is 0. The summed E-state index contributed by atoms with van der Waals surface area (Å²) >= 11 is 1.22. The quantitative estimate of drug-likeness (QED) is 0.762. The molecule has 0 unspecified atom stereocenters. The molecule has 0 atom stereocenters. The Morgan fingerprint density at radius 2 is 2.12 bits per heavy atom. The van der Waals surface area contributed by atoms with Crippen LogP contribution in [0.3, 0.4) is 0 Å². The lowest BCUT2D eigenvalue weighted by molar-refractivity contribution is -0.116. The van der Waals surface area contributed by atoms with Crippen LogP contribution < -0.4 is 0 Å². The molecule has 2 nitrogen and oxygen atoms in total. The van der Waals surface area contributed by atoms with Crippen molar-refractivity contribution < 1.29 is 13.6 Å². The van der Waals surface area contributed by atoms with Gasteiger partial charge in [0.05, 0.1) is 18.3 Å². The zero-order valence-corrected chi connectivity index (χ0v) is 9.87. The zero-order chi connectivity index (χ0) is 12.1. The molecule has 0 aliphatic carbocycles. The van der Waals surface area contributed by atoms with Gasteiger partial charge in [0.15, 0.2) is 0 Å². The van der Waals surface area contributed by atoms with Gasteiger partial charge in [0.1, 0.15) is 11.6 Å². The molecule has 4 heteroatoms. The lowest BCUT2D eigenvalue weighted by Gasteiger charge is -2.01. The minimum atomic E-state index is -0.284. The molecule has 0 spiro atoms. The number of thioether (sulfide) groups is 1. The minimum Gasteiger partial charge on any atom is -0.472 e. The summed E-state index contributed by atoms with van der Waals surface area (Å²) < 4.78 is 18.1. The van der Waals surface area contributed by atoms with Crippen LogP contribution in [0.2, 0.25) is 0 Å². The summed E-state index contributed by atoms with van der Waals surface area (Å²) in [5.74, 6) is 0.0415. The molecule has 1 aromatic heterocycles. The Balaban J connectivity index is 1.86. The Bertz CT molecular complexity index is 494. The number of Topliss-reactive ketones (excluding diaryl/α,β-unsaturated/α-hetero) is 1. The second-order valence-corrected chi connectivity index (χ2v) is 4.58. The molecule has 0 fully saturated rings. The third-order valence-electron chi connectivity index (χ3n) is 2.21. The van der Waals surface area contributed by atoms with E-state index in [2.05, 4.69) is 0 Å². The molecular formula is C13H11FO2S. The lowest BCUT2D eigenvalue weighted by Crippen LogP contribution is -2.05. The molecule has 0 radical (unpaired) electrons. The van der Waals surface area contributed by atoms with Crippen LogP contribution in [-0.4, -0.2) is 11.5 Å². The van der Waals surface area contributed by atoms with Gasteiger partial charge in [-0.05, 0) is 23.8 Å². The molecule has 0 saturated carbocycles. The van der Waals surface area contributed by atoms with E-state index >= 15 is 0 Å². The van der Waals surface area contributed by atoms with Gasteiger partial charge in [0.25, 0.3) is 0 Å². The first kappa shape index (κ1) is 11.9. The van der Waals surface area contributed by atoms with E-state index in [1.165, 1.54) is 24.1 Å². The molecule has 0 saturated heterocycles.